The van der Waals surface area contributed by atoms with E-state index in [1.807, 2.05) is 0 Å². The van der Waals surface area contributed by atoms with Crippen molar-refractivity contribution in [1.82, 2.24) is 0 Å². The minimum Gasteiger partial charge on any atom is -0.310 e. The molecule has 0 amide bonds. The predicted octanol–water partition coefficient (Wildman–Crippen LogP) is 12.0. The number of nitrogens with zero attached hydrogens (tertiary/aromatic N) is 1. The van der Waals surface area contributed by atoms with E-state index in [0.717, 1.165) is 11.8 Å². The molecule has 3 atom stereocenters. The molecular formula is C45H39N. The molecule has 1 nitrogen and oxygen atoms in total. The lowest BCUT2D eigenvalue weighted by Gasteiger charge is -2.37. The molecule has 0 radical (unpaired) electrons. The SMILES string of the molecule is Cc1cc2ccccc2cc1N(c1ccc2c(c1)C(C)(C)c1ccccc1-2)c1ccc2c(c1)C1(CC3CCC1C3)c1ccccc1-2. The first kappa shape index (κ1) is 26.6. The minimum atomic E-state index is -0.0568. The highest BCUT2D eigenvalue weighted by Gasteiger charge is 2.56. The Bertz CT molecular complexity index is 2240. The molecule has 0 aromatic heterocycles. The second kappa shape index (κ2) is 9.23. The maximum absolute atomic E-state index is 2.60. The number of rotatable bonds is 3. The summed E-state index contributed by atoms with van der Waals surface area (Å²) in [6.07, 6.45) is 5.44. The van der Waals surface area contributed by atoms with Gasteiger partial charge in [0.25, 0.3) is 0 Å². The molecule has 1 spiro atoms. The molecule has 224 valence electrons. The van der Waals surface area contributed by atoms with Crippen molar-refractivity contribution < 1.29 is 0 Å². The molecule has 4 aliphatic rings. The van der Waals surface area contributed by atoms with Gasteiger partial charge in [0.2, 0.25) is 0 Å². The maximum atomic E-state index is 2.60. The Hall–Kier alpha value is -4.62. The van der Waals surface area contributed by atoms with Gasteiger partial charge in [0, 0.05) is 27.9 Å². The smallest absolute Gasteiger partial charge is 0.0497 e. The minimum absolute atomic E-state index is 0.0568. The van der Waals surface area contributed by atoms with Crippen LogP contribution in [0.3, 0.4) is 0 Å². The maximum Gasteiger partial charge on any atom is 0.0497 e. The summed E-state index contributed by atoms with van der Waals surface area (Å²) in [5, 5.41) is 2.57. The van der Waals surface area contributed by atoms with Gasteiger partial charge in [0.05, 0.1) is 0 Å². The van der Waals surface area contributed by atoms with E-state index in [4.69, 9.17) is 0 Å². The summed E-state index contributed by atoms with van der Waals surface area (Å²) in [4.78, 5) is 2.56. The Kier molecular flexibility index (Phi) is 5.33. The average Bonchev–Trinajstić information content (AvgIpc) is 3.82. The van der Waals surface area contributed by atoms with E-state index in [1.54, 1.807) is 11.1 Å². The number of anilines is 3. The Morgan fingerprint density at radius 1 is 0.565 bits per heavy atom. The van der Waals surface area contributed by atoms with Gasteiger partial charge in [0.1, 0.15) is 0 Å². The summed E-state index contributed by atoms with van der Waals surface area (Å²) in [5.74, 6) is 1.59. The Morgan fingerprint density at radius 3 is 1.85 bits per heavy atom. The highest BCUT2D eigenvalue weighted by molar-refractivity contribution is 5.93. The van der Waals surface area contributed by atoms with Crippen LogP contribution in [-0.2, 0) is 10.8 Å². The number of benzene rings is 6. The summed E-state index contributed by atoms with van der Waals surface area (Å²) in [7, 11) is 0. The van der Waals surface area contributed by atoms with Crippen molar-refractivity contribution in [2.24, 2.45) is 11.8 Å². The third-order valence-electron chi connectivity index (χ3n) is 12.4. The molecule has 1 heteroatoms. The third kappa shape index (κ3) is 3.41. The molecular weight excluding hydrogens is 555 g/mol. The first-order valence-corrected chi connectivity index (χ1v) is 17.2. The van der Waals surface area contributed by atoms with Gasteiger partial charge < -0.3 is 4.90 Å². The fraction of sp³-hybridized carbons (Fsp3) is 0.244. The topological polar surface area (TPSA) is 3.24 Å². The van der Waals surface area contributed by atoms with Gasteiger partial charge in [-0.05, 0) is 135 Å². The van der Waals surface area contributed by atoms with Gasteiger partial charge in [-0.2, -0.15) is 0 Å². The second-order valence-corrected chi connectivity index (χ2v) is 15.0. The lowest BCUT2D eigenvalue weighted by Crippen LogP contribution is -2.32. The summed E-state index contributed by atoms with van der Waals surface area (Å²) >= 11 is 0. The van der Waals surface area contributed by atoms with Crippen molar-refractivity contribution in [2.45, 2.75) is 57.3 Å². The number of aryl methyl sites for hydroxylation is 1. The van der Waals surface area contributed by atoms with Crippen molar-refractivity contribution in [3.8, 4) is 22.3 Å². The van der Waals surface area contributed by atoms with E-state index in [2.05, 4.69) is 147 Å². The molecule has 3 unspecified atom stereocenters. The molecule has 0 heterocycles. The van der Waals surface area contributed by atoms with Crippen molar-refractivity contribution in [2.75, 3.05) is 4.90 Å². The van der Waals surface area contributed by atoms with E-state index >= 15 is 0 Å². The molecule has 6 aromatic rings. The summed E-state index contributed by atoms with van der Waals surface area (Å²) in [5.41, 5.74) is 16.8. The van der Waals surface area contributed by atoms with Crippen LogP contribution in [0.25, 0.3) is 33.0 Å². The van der Waals surface area contributed by atoms with Gasteiger partial charge in [-0.1, -0.05) is 105 Å². The molecule has 10 rings (SSSR count). The van der Waals surface area contributed by atoms with Gasteiger partial charge in [-0.25, -0.2) is 0 Å². The van der Waals surface area contributed by atoms with Crippen LogP contribution in [0.4, 0.5) is 17.1 Å². The van der Waals surface area contributed by atoms with Crippen molar-refractivity contribution >= 4 is 27.8 Å². The third-order valence-corrected chi connectivity index (χ3v) is 12.4. The Morgan fingerprint density at radius 2 is 1.15 bits per heavy atom. The van der Waals surface area contributed by atoms with Gasteiger partial charge in [-0.15, -0.1) is 0 Å². The predicted molar refractivity (Wildman–Crippen MR) is 193 cm³/mol. The quantitative estimate of drug-likeness (QED) is 0.197. The van der Waals surface area contributed by atoms with Crippen molar-refractivity contribution in [3.05, 3.63) is 149 Å². The number of hydrogen-bond donors (Lipinski definition) is 0. The molecule has 4 aliphatic carbocycles. The fourth-order valence-electron chi connectivity index (χ4n) is 10.4. The molecule has 2 bridgehead atoms. The second-order valence-electron chi connectivity index (χ2n) is 15.0. The van der Waals surface area contributed by atoms with E-state index in [9.17, 15) is 0 Å². The molecule has 2 fully saturated rings. The Balaban J connectivity index is 1.21. The largest absolute Gasteiger partial charge is 0.310 e. The van der Waals surface area contributed by atoms with Crippen LogP contribution >= 0.6 is 0 Å². The first-order chi connectivity index (χ1) is 22.4. The summed E-state index contributed by atoms with van der Waals surface area (Å²) in [6.45, 7) is 7.06. The summed E-state index contributed by atoms with van der Waals surface area (Å²) < 4.78 is 0. The fourth-order valence-corrected chi connectivity index (χ4v) is 10.4. The molecule has 6 aromatic carbocycles. The number of hydrogen-bond acceptors (Lipinski definition) is 1. The Labute approximate surface area is 272 Å². The standard InChI is InChI=1S/C45H39N/c1-28-22-30-10-4-5-11-31(30)24-43(28)46(33-18-20-37-35-12-6-8-14-39(35)44(2,3)41(37)25-33)34-19-21-38-36-13-7-9-15-40(36)45(42(38)26-34)27-29-16-17-32(45)23-29/h4-15,18-22,24-26,29,32H,16-17,23,27H2,1-3H3. The van der Waals surface area contributed by atoms with Crippen molar-refractivity contribution in [3.63, 3.8) is 0 Å². The molecule has 0 N–H and O–H groups in total. The zero-order valence-electron chi connectivity index (χ0n) is 27.0. The zero-order valence-corrected chi connectivity index (χ0v) is 27.0. The lowest BCUT2D eigenvalue weighted by atomic mass is 9.67. The average molecular weight is 594 g/mol. The highest BCUT2D eigenvalue weighted by atomic mass is 15.1. The monoisotopic (exact) mass is 593 g/mol. The van der Waals surface area contributed by atoms with Crippen LogP contribution in [0.2, 0.25) is 0 Å². The zero-order chi connectivity index (χ0) is 30.8. The van der Waals surface area contributed by atoms with Crippen LogP contribution in [0.5, 0.6) is 0 Å². The van der Waals surface area contributed by atoms with Crippen LogP contribution in [-0.4, -0.2) is 0 Å². The summed E-state index contributed by atoms with van der Waals surface area (Å²) in [6, 6.07) is 46.5. The lowest BCUT2D eigenvalue weighted by molar-refractivity contribution is 0.327. The van der Waals surface area contributed by atoms with Gasteiger partial charge in [0.15, 0.2) is 0 Å². The normalized spacial score (nSPS) is 22.6. The number of fused-ring (bicyclic) bond motifs is 12. The molecule has 2 saturated carbocycles. The van der Waals surface area contributed by atoms with E-state index in [1.165, 1.54) is 92.5 Å². The molecule has 46 heavy (non-hydrogen) atoms. The van der Waals surface area contributed by atoms with Gasteiger partial charge >= 0.3 is 0 Å². The van der Waals surface area contributed by atoms with E-state index < -0.39 is 0 Å². The van der Waals surface area contributed by atoms with E-state index in [0.29, 0.717) is 0 Å². The van der Waals surface area contributed by atoms with Crippen LogP contribution in [0.1, 0.15) is 67.3 Å². The van der Waals surface area contributed by atoms with Crippen LogP contribution in [0, 0.1) is 18.8 Å². The van der Waals surface area contributed by atoms with E-state index in [-0.39, 0.29) is 10.8 Å². The highest BCUT2D eigenvalue weighted by Crippen LogP contribution is 2.66. The van der Waals surface area contributed by atoms with Gasteiger partial charge in [-0.3, -0.25) is 0 Å². The molecule has 0 aliphatic heterocycles. The first-order valence-electron chi connectivity index (χ1n) is 17.2. The van der Waals surface area contributed by atoms with Crippen molar-refractivity contribution in [1.29, 1.82) is 0 Å². The van der Waals surface area contributed by atoms with Crippen LogP contribution < -0.4 is 4.90 Å². The van der Waals surface area contributed by atoms with Crippen LogP contribution in [0.15, 0.2) is 121 Å². The molecule has 0 saturated heterocycles.